The van der Waals surface area contributed by atoms with Crippen LogP contribution < -0.4 is 5.73 Å². The predicted molar refractivity (Wildman–Crippen MR) is 83.9 cm³/mol. The van der Waals surface area contributed by atoms with Crippen molar-refractivity contribution in [1.82, 2.24) is 14.5 Å². The van der Waals surface area contributed by atoms with Gasteiger partial charge in [-0.1, -0.05) is 11.6 Å². The van der Waals surface area contributed by atoms with Crippen molar-refractivity contribution >= 4 is 33.3 Å². The van der Waals surface area contributed by atoms with Gasteiger partial charge in [-0.15, -0.1) is 0 Å². The van der Waals surface area contributed by atoms with E-state index >= 15 is 0 Å². The van der Waals surface area contributed by atoms with Crippen molar-refractivity contribution in [2.45, 2.75) is 0 Å². The van der Waals surface area contributed by atoms with E-state index in [1.165, 1.54) is 12.1 Å². The van der Waals surface area contributed by atoms with Gasteiger partial charge in [0.05, 0.1) is 28.9 Å². The van der Waals surface area contributed by atoms with Crippen LogP contribution in [0.3, 0.4) is 0 Å². The molecule has 2 heterocycles. The van der Waals surface area contributed by atoms with E-state index in [0.717, 1.165) is 11.3 Å². The second-order valence-corrected chi connectivity index (χ2v) is 5.56. The van der Waals surface area contributed by atoms with E-state index in [1.54, 1.807) is 29.4 Å². The molecular formula is C14H9BrClFN4. The molecule has 0 aliphatic heterocycles. The smallest absolute Gasteiger partial charge is 0.132 e. The Hall–Kier alpha value is -1.92. The van der Waals surface area contributed by atoms with Crippen LogP contribution in [0.15, 0.2) is 47.5 Å². The van der Waals surface area contributed by atoms with E-state index in [0.29, 0.717) is 16.0 Å². The lowest BCUT2D eigenvalue weighted by molar-refractivity contribution is 0.626. The molecule has 1 aromatic carbocycles. The number of nitrogens with two attached hydrogens (primary N) is 1. The fraction of sp³-hybridized carbons (Fsp3) is 0. The lowest BCUT2D eigenvalue weighted by Gasteiger charge is -2.13. The summed E-state index contributed by atoms with van der Waals surface area (Å²) in [6.45, 7) is 0. The third-order valence-electron chi connectivity index (χ3n) is 2.98. The van der Waals surface area contributed by atoms with Crippen molar-refractivity contribution in [3.63, 3.8) is 0 Å². The number of nitrogen functional groups attached to an aromatic ring is 1. The molecule has 21 heavy (non-hydrogen) atoms. The van der Waals surface area contributed by atoms with Crippen LogP contribution in [-0.2, 0) is 0 Å². The minimum Gasteiger partial charge on any atom is -0.383 e. The zero-order valence-corrected chi connectivity index (χ0v) is 12.9. The van der Waals surface area contributed by atoms with Crippen molar-refractivity contribution < 1.29 is 4.39 Å². The normalized spacial score (nSPS) is 10.8. The topological polar surface area (TPSA) is 56.7 Å². The highest BCUT2D eigenvalue weighted by molar-refractivity contribution is 9.10. The number of pyridine rings is 1. The fourth-order valence-electron chi connectivity index (χ4n) is 2.07. The number of hydrogen-bond donors (Lipinski definition) is 1. The van der Waals surface area contributed by atoms with Crippen LogP contribution in [0.25, 0.3) is 16.9 Å². The molecule has 0 aliphatic carbocycles. The van der Waals surface area contributed by atoms with Crippen LogP contribution in [0.2, 0.25) is 5.02 Å². The monoisotopic (exact) mass is 366 g/mol. The SMILES string of the molecule is Nc1ncccc1-c1cncn1-c1c(Cl)cc(F)cc1Br. The highest BCUT2D eigenvalue weighted by atomic mass is 79.9. The minimum absolute atomic E-state index is 0.267. The van der Waals surface area contributed by atoms with Gasteiger partial charge in [0, 0.05) is 16.2 Å². The lowest BCUT2D eigenvalue weighted by atomic mass is 10.2. The number of nitrogens with zero attached hydrogens (tertiary/aromatic N) is 3. The van der Waals surface area contributed by atoms with E-state index < -0.39 is 5.82 Å². The van der Waals surface area contributed by atoms with Crippen molar-refractivity contribution in [2.75, 3.05) is 5.73 Å². The van der Waals surface area contributed by atoms with Crippen molar-refractivity contribution in [2.24, 2.45) is 0 Å². The molecular weight excluding hydrogens is 359 g/mol. The van der Waals surface area contributed by atoms with Gasteiger partial charge in [-0.05, 0) is 40.2 Å². The molecule has 0 radical (unpaired) electrons. The molecule has 3 aromatic rings. The third kappa shape index (κ3) is 2.52. The maximum atomic E-state index is 13.4. The Labute approximate surface area is 133 Å². The molecule has 0 atom stereocenters. The Morgan fingerprint density at radius 3 is 2.86 bits per heavy atom. The second-order valence-electron chi connectivity index (χ2n) is 4.30. The number of benzene rings is 1. The standard InChI is InChI=1S/C14H9BrClFN4/c15-10-4-8(17)5-11(16)13(10)21-7-19-6-12(21)9-2-1-3-20-14(9)18/h1-7H,(H2,18,20). The van der Waals surface area contributed by atoms with Gasteiger partial charge < -0.3 is 5.73 Å². The summed E-state index contributed by atoms with van der Waals surface area (Å²) in [5.41, 5.74) is 7.94. The van der Waals surface area contributed by atoms with Gasteiger partial charge in [0.1, 0.15) is 11.6 Å². The van der Waals surface area contributed by atoms with Crippen molar-refractivity contribution in [3.05, 3.63) is 58.3 Å². The summed E-state index contributed by atoms with van der Waals surface area (Å²) in [6.07, 6.45) is 4.85. The Bertz CT molecular complexity index is 795. The molecule has 106 valence electrons. The Balaban J connectivity index is 2.24. The fourth-order valence-corrected chi connectivity index (χ4v) is 3.11. The summed E-state index contributed by atoms with van der Waals surface area (Å²) in [7, 11) is 0. The molecule has 0 unspecified atom stereocenters. The van der Waals surface area contributed by atoms with E-state index in [2.05, 4.69) is 25.9 Å². The molecule has 0 spiro atoms. The number of aromatic nitrogens is 3. The van der Waals surface area contributed by atoms with Gasteiger partial charge in [-0.25, -0.2) is 14.4 Å². The van der Waals surface area contributed by atoms with Crippen molar-refractivity contribution in [1.29, 1.82) is 0 Å². The molecule has 0 saturated carbocycles. The Morgan fingerprint density at radius 2 is 2.14 bits per heavy atom. The predicted octanol–water partition coefficient (Wildman–Crippen LogP) is 4.07. The van der Waals surface area contributed by atoms with Crippen LogP contribution in [0, 0.1) is 5.82 Å². The van der Waals surface area contributed by atoms with Gasteiger partial charge in [0.2, 0.25) is 0 Å². The van der Waals surface area contributed by atoms with Crippen molar-refractivity contribution in [3.8, 4) is 16.9 Å². The molecule has 0 fully saturated rings. The largest absolute Gasteiger partial charge is 0.383 e. The zero-order valence-electron chi connectivity index (χ0n) is 10.6. The molecule has 7 heteroatoms. The van der Waals surface area contributed by atoms with Gasteiger partial charge >= 0.3 is 0 Å². The van der Waals surface area contributed by atoms with Crippen LogP contribution in [0.4, 0.5) is 10.2 Å². The lowest BCUT2D eigenvalue weighted by Crippen LogP contribution is -2.01. The summed E-state index contributed by atoms with van der Waals surface area (Å²) >= 11 is 9.48. The van der Waals surface area contributed by atoms with Gasteiger partial charge in [-0.3, -0.25) is 4.57 Å². The minimum atomic E-state index is -0.418. The van der Waals surface area contributed by atoms with Gasteiger partial charge in [0.15, 0.2) is 0 Å². The maximum Gasteiger partial charge on any atom is 0.132 e. The summed E-state index contributed by atoms with van der Waals surface area (Å²) in [5.74, 6) is -0.0354. The molecule has 0 aliphatic rings. The summed E-state index contributed by atoms with van der Waals surface area (Å²) in [6, 6.07) is 6.21. The van der Waals surface area contributed by atoms with E-state index in [-0.39, 0.29) is 5.02 Å². The third-order valence-corrected chi connectivity index (χ3v) is 3.87. The van der Waals surface area contributed by atoms with E-state index in [4.69, 9.17) is 17.3 Å². The highest BCUT2D eigenvalue weighted by Crippen LogP contribution is 2.34. The van der Waals surface area contributed by atoms with Crippen LogP contribution in [0.1, 0.15) is 0 Å². The number of halogens is 3. The first-order valence-electron chi connectivity index (χ1n) is 5.96. The van der Waals surface area contributed by atoms with Crippen LogP contribution in [-0.4, -0.2) is 14.5 Å². The quantitative estimate of drug-likeness (QED) is 0.743. The average molecular weight is 368 g/mol. The maximum absolute atomic E-state index is 13.4. The molecule has 3 rings (SSSR count). The zero-order chi connectivity index (χ0) is 15.0. The summed E-state index contributed by atoms with van der Waals surface area (Å²) < 4.78 is 15.6. The molecule has 2 N–H and O–H groups in total. The molecule has 0 saturated heterocycles. The van der Waals surface area contributed by atoms with Gasteiger partial charge in [0.25, 0.3) is 0 Å². The second kappa shape index (κ2) is 5.46. The van der Waals surface area contributed by atoms with Crippen LogP contribution >= 0.6 is 27.5 Å². The number of imidazole rings is 1. The first-order valence-corrected chi connectivity index (χ1v) is 7.13. The molecule has 0 amide bonds. The summed E-state index contributed by atoms with van der Waals surface area (Å²) in [5, 5.41) is 0.267. The van der Waals surface area contributed by atoms with Crippen LogP contribution in [0.5, 0.6) is 0 Å². The number of hydrogen-bond acceptors (Lipinski definition) is 3. The first-order chi connectivity index (χ1) is 10.1. The first kappa shape index (κ1) is 14.0. The van der Waals surface area contributed by atoms with E-state index in [9.17, 15) is 4.39 Å². The molecule has 0 bridgehead atoms. The van der Waals surface area contributed by atoms with Gasteiger partial charge in [-0.2, -0.15) is 0 Å². The van der Waals surface area contributed by atoms with E-state index in [1.807, 2.05) is 6.07 Å². The highest BCUT2D eigenvalue weighted by Gasteiger charge is 2.16. The number of anilines is 1. The molecule has 4 nitrogen and oxygen atoms in total. The average Bonchev–Trinajstić information content (AvgIpc) is 2.87. The Kier molecular flexibility index (Phi) is 3.65. The number of rotatable bonds is 2. The Morgan fingerprint density at radius 1 is 1.33 bits per heavy atom. The summed E-state index contributed by atoms with van der Waals surface area (Å²) in [4.78, 5) is 8.19. The molecule has 2 aromatic heterocycles.